The van der Waals surface area contributed by atoms with Crippen molar-refractivity contribution in [1.29, 1.82) is 0 Å². The monoisotopic (exact) mass is 237 g/mol. The van der Waals surface area contributed by atoms with Gasteiger partial charge in [-0.05, 0) is 19.1 Å². The first kappa shape index (κ1) is 12.9. The standard InChI is InChI=1S/C12H19N3S/c1-3-14-12(13-2)15-9-10-16-11-7-5-4-6-8-11/h4-8H,3,9-10H2,1-2H3,(H2,13,14,15). The molecular weight excluding hydrogens is 218 g/mol. The maximum atomic E-state index is 4.11. The fourth-order valence-corrected chi connectivity index (χ4v) is 2.03. The average Bonchev–Trinajstić information content (AvgIpc) is 2.34. The molecule has 0 saturated heterocycles. The van der Waals surface area contributed by atoms with Crippen molar-refractivity contribution in [1.82, 2.24) is 10.6 Å². The van der Waals surface area contributed by atoms with Crippen molar-refractivity contribution < 1.29 is 0 Å². The maximum absolute atomic E-state index is 4.11. The first-order valence-corrected chi connectivity index (χ1v) is 6.47. The number of benzene rings is 1. The van der Waals surface area contributed by atoms with Gasteiger partial charge in [-0.1, -0.05) is 18.2 Å². The minimum atomic E-state index is 0.871. The van der Waals surface area contributed by atoms with E-state index >= 15 is 0 Å². The summed E-state index contributed by atoms with van der Waals surface area (Å²) in [6, 6.07) is 10.4. The van der Waals surface area contributed by atoms with Gasteiger partial charge >= 0.3 is 0 Å². The fraction of sp³-hybridized carbons (Fsp3) is 0.417. The summed E-state index contributed by atoms with van der Waals surface area (Å²) in [5.41, 5.74) is 0. The molecule has 3 nitrogen and oxygen atoms in total. The van der Waals surface area contributed by atoms with Gasteiger partial charge in [0.05, 0.1) is 0 Å². The van der Waals surface area contributed by atoms with Gasteiger partial charge in [0.1, 0.15) is 0 Å². The molecule has 0 aliphatic rings. The van der Waals surface area contributed by atoms with Crippen LogP contribution in [0, 0.1) is 0 Å². The number of nitrogens with one attached hydrogen (secondary N) is 2. The van der Waals surface area contributed by atoms with Gasteiger partial charge in [0, 0.05) is 30.8 Å². The Bertz CT molecular complexity index is 311. The Morgan fingerprint density at radius 2 is 2.00 bits per heavy atom. The highest BCUT2D eigenvalue weighted by atomic mass is 32.2. The van der Waals surface area contributed by atoms with Crippen LogP contribution in [0.15, 0.2) is 40.2 Å². The Hall–Kier alpha value is -1.16. The summed E-state index contributed by atoms with van der Waals surface area (Å²) in [4.78, 5) is 5.42. The molecule has 0 unspecified atom stereocenters. The number of guanidine groups is 1. The zero-order valence-corrected chi connectivity index (χ0v) is 10.7. The molecule has 0 atom stereocenters. The zero-order valence-electron chi connectivity index (χ0n) is 9.86. The molecule has 0 saturated carbocycles. The van der Waals surface area contributed by atoms with E-state index in [1.807, 2.05) is 17.8 Å². The van der Waals surface area contributed by atoms with Crippen LogP contribution >= 0.6 is 11.8 Å². The Morgan fingerprint density at radius 1 is 1.25 bits per heavy atom. The van der Waals surface area contributed by atoms with Gasteiger partial charge in [0.25, 0.3) is 0 Å². The molecule has 0 aliphatic heterocycles. The molecule has 0 heterocycles. The number of nitrogens with zero attached hydrogens (tertiary/aromatic N) is 1. The number of hydrogen-bond donors (Lipinski definition) is 2. The van der Waals surface area contributed by atoms with E-state index in [9.17, 15) is 0 Å². The lowest BCUT2D eigenvalue weighted by atomic mass is 10.4. The summed E-state index contributed by atoms with van der Waals surface area (Å²) in [6.45, 7) is 3.87. The van der Waals surface area contributed by atoms with Crippen LogP contribution in [0.4, 0.5) is 0 Å². The molecule has 0 amide bonds. The SMILES string of the molecule is CCNC(=NC)NCCSc1ccccc1. The number of aliphatic imine (C=N–C) groups is 1. The molecule has 1 rings (SSSR count). The van der Waals surface area contributed by atoms with Crippen molar-refractivity contribution in [2.75, 3.05) is 25.9 Å². The van der Waals surface area contributed by atoms with Gasteiger partial charge in [0.2, 0.25) is 0 Å². The quantitative estimate of drug-likeness (QED) is 0.356. The molecule has 0 aromatic heterocycles. The van der Waals surface area contributed by atoms with Crippen LogP contribution in [-0.4, -0.2) is 31.8 Å². The van der Waals surface area contributed by atoms with Crippen LogP contribution in [0.3, 0.4) is 0 Å². The molecule has 1 aromatic carbocycles. The maximum Gasteiger partial charge on any atom is 0.190 e. The molecule has 0 aliphatic carbocycles. The predicted molar refractivity (Wildman–Crippen MR) is 72.2 cm³/mol. The summed E-state index contributed by atoms with van der Waals surface area (Å²) < 4.78 is 0. The third-order valence-corrected chi connectivity index (χ3v) is 2.99. The van der Waals surface area contributed by atoms with Gasteiger partial charge in [-0.3, -0.25) is 4.99 Å². The van der Waals surface area contributed by atoms with Crippen molar-refractivity contribution in [3.05, 3.63) is 30.3 Å². The van der Waals surface area contributed by atoms with Gasteiger partial charge in [0.15, 0.2) is 5.96 Å². The van der Waals surface area contributed by atoms with Crippen LogP contribution in [0.5, 0.6) is 0 Å². The number of hydrogen-bond acceptors (Lipinski definition) is 2. The Morgan fingerprint density at radius 3 is 2.62 bits per heavy atom. The fourth-order valence-electron chi connectivity index (χ4n) is 1.24. The molecule has 0 bridgehead atoms. The second-order valence-electron chi connectivity index (χ2n) is 3.19. The minimum Gasteiger partial charge on any atom is -0.357 e. The van der Waals surface area contributed by atoms with Crippen molar-refractivity contribution in [3.8, 4) is 0 Å². The second kappa shape index (κ2) is 8.05. The number of thioether (sulfide) groups is 1. The minimum absolute atomic E-state index is 0.871. The van der Waals surface area contributed by atoms with Crippen LogP contribution in [0.25, 0.3) is 0 Å². The Labute approximate surface area is 102 Å². The van der Waals surface area contributed by atoms with Crippen molar-refractivity contribution in [3.63, 3.8) is 0 Å². The van der Waals surface area contributed by atoms with E-state index in [4.69, 9.17) is 0 Å². The normalized spacial score (nSPS) is 11.2. The summed E-state index contributed by atoms with van der Waals surface area (Å²) in [6.07, 6.45) is 0. The van der Waals surface area contributed by atoms with E-state index in [0.717, 1.165) is 24.8 Å². The highest BCUT2D eigenvalue weighted by molar-refractivity contribution is 7.99. The van der Waals surface area contributed by atoms with Crippen molar-refractivity contribution in [2.45, 2.75) is 11.8 Å². The molecule has 0 spiro atoms. The average molecular weight is 237 g/mol. The van der Waals surface area contributed by atoms with Crippen LogP contribution in [0.2, 0.25) is 0 Å². The molecule has 2 N–H and O–H groups in total. The van der Waals surface area contributed by atoms with Crippen LogP contribution in [0.1, 0.15) is 6.92 Å². The van der Waals surface area contributed by atoms with E-state index in [-0.39, 0.29) is 0 Å². The summed E-state index contributed by atoms with van der Waals surface area (Å²) in [7, 11) is 1.79. The lowest BCUT2D eigenvalue weighted by Crippen LogP contribution is -2.38. The lowest BCUT2D eigenvalue weighted by Gasteiger charge is -2.09. The molecule has 1 aromatic rings. The summed E-state index contributed by atoms with van der Waals surface area (Å²) in [5.74, 6) is 1.91. The smallest absolute Gasteiger partial charge is 0.190 e. The van der Waals surface area contributed by atoms with Gasteiger partial charge < -0.3 is 10.6 Å². The van der Waals surface area contributed by atoms with E-state index < -0.39 is 0 Å². The van der Waals surface area contributed by atoms with Gasteiger partial charge in [-0.25, -0.2) is 0 Å². The summed E-state index contributed by atoms with van der Waals surface area (Å²) >= 11 is 1.85. The van der Waals surface area contributed by atoms with E-state index in [1.54, 1.807) is 7.05 Å². The van der Waals surface area contributed by atoms with E-state index in [1.165, 1.54) is 4.90 Å². The summed E-state index contributed by atoms with van der Waals surface area (Å²) in [5, 5.41) is 6.42. The van der Waals surface area contributed by atoms with E-state index in [0.29, 0.717) is 0 Å². The second-order valence-corrected chi connectivity index (χ2v) is 4.36. The zero-order chi connectivity index (χ0) is 11.6. The largest absolute Gasteiger partial charge is 0.357 e. The first-order valence-electron chi connectivity index (χ1n) is 5.49. The first-order chi connectivity index (χ1) is 7.86. The molecule has 0 radical (unpaired) electrons. The van der Waals surface area contributed by atoms with E-state index in [2.05, 4.69) is 46.8 Å². The highest BCUT2D eigenvalue weighted by Gasteiger charge is 1.95. The van der Waals surface area contributed by atoms with Crippen molar-refractivity contribution in [2.24, 2.45) is 4.99 Å². The Balaban J connectivity index is 2.17. The van der Waals surface area contributed by atoms with Crippen LogP contribution in [-0.2, 0) is 0 Å². The predicted octanol–water partition coefficient (Wildman–Crippen LogP) is 1.96. The van der Waals surface area contributed by atoms with Gasteiger partial charge in [-0.15, -0.1) is 11.8 Å². The lowest BCUT2D eigenvalue weighted by molar-refractivity contribution is 0.860. The highest BCUT2D eigenvalue weighted by Crippen LogP contribution is 2.15. The number of rotatable bonds is 5. The third kappa shape index (κ3) is 5.07. The molecule has 0 fully saturated rings. The van der Waals surface area contributed by atoms with Crippen LogP contribution < -0.4 is 10.6 Å². The molecular formula is C12H19N3S. The molecule has 4 heteroatoms. The molecule has 16 heavy (non-hydrogen) atoms. The topological polar surface area (TPSA) is 36.4 Å². The molecule has 88 valence electrons. The Kier molecular flexibility index (Phi) is 6.49. The van der Waals surface area contributed by atoms with Gasteiger partial charge in [-0.2, -0.15) is 0 Å². The third-order valence-electron chi connectivity index (χ3n) is 1.97. The van der Waals surface area contributed by atoms with Crippen molar-refractivity contribution >= 4 is 17.7 Å².